The molecule has 4 N–H and O–H groups in total. The van der Waals surface area contributed by atoms with Crippen LogP contribution in [0.4, 0.5) is 0 Å². The predicted octanol–water partition coefficient (Wildman–Crippen LogP) is 9.34. The van der Waals surface area contributed by atoms with Gasteiger partial charge in [0, 0.05) is 12.8 Å². The van der Waals surface area contributed by atoms with Gasteiger partial charge in [-0.2, -0.15) is 8.42 Å². The molecule has 1 saturated heterocycles. The van der Waals surface area contributed by atoms with Crippen molar-refractivity contribution in [2.24, 2.45) is 0 Å². The molecular formula is C47H80O12S. The summed E-state index contributed by atoms with van der Waals surface area (Å²) in [5.74, 6) is -2.08. The quantitative estimate of drug-likeness (QED) is 0.0201. The normalized spacial score (nSPS) is 20.7. The Kier molecular flexibility index (Phi) is 34.1. The van der Waals surface area contributed by atoms with Crippen LogP contribution in [0.2, 0.25) is 0 Å². The molecule has 0 amide bonds. The lowest BCUT2D eigenvalue weighted by molar-refractivity contribution is -0.297. The van der Waals surface area contributed by atoms with Gasteiger partial charge in [0.05, 0.1) is 6.61 Å². The highest BCUT2D eigenvalue weighted by Crippen LogP contribution is 2.24. The molecule has 3 unspecified atom stereocenters. The molecule has 1 aliphatic rings. The molecule has 0 radical (unpaired) electrons. The zero-order valence-electron chi connectivity index (χ0n) is 36.8. The van der Waals surface area contributed by atoms with E-state index in [4.69, 9.17) is 18.9 Å². The van der Waals surface area contributed by atoms with Crippen molar-refractivity contribution in [1.82, 2.24) is 0 Å². The molecule has 1 fully saturated rings. The Balaban J connectivity index is 2.44. The van der Waals surface area contributed by atoms with Crippen LogP contribution < -0.4 is 0 Å². The molecule has 0 aromatic heterocycles. The number of carbonyl (C=O) groups is 2. The molecule has 60 heavy (non-hydrogen) atoms. The van der Waals surface area contributed by atoms with Gasteiger partial charge in [0.2, 0.25) is 0 Å². The van der Waals surface area contributed by atoms with Crippen LogP contribution in [0.25, 0.3) is 0 Å². The SMILES string of the molecule is CC/C=C/C=C/C=C/C=C/C=C/CCCC(=O)OC(COC(=O)CCCCCCCCCCCCCCCCCCCCC)CO[C@H]1O[C@H](CS(=O)(=O)O)[C@@H](O)C(O)C1O. The Morgan fingerprint density at radius 2 is 1.05 bits per heavy atom. The Labute approximate surface area is 362 Å². The van der Waals surface area contributed by atoms with Gasteiger partial charge in [0.25, 0.3) is 10.1 Å². The zero-order chi connectivity index (χ0) is 44.1. The summed E-state index contributed by atoms with van der Waals surface area (Å²) in [6.07, 6.45) is 35.7. The van der Waals surface area contributed by atoms with E-state index in [2.05, 4.69) is 19.9 Å². The number of esters is 2. The molecule has 0 aromatic rings. The molecule has 0 aliphatic carbocycles. The summed E-state index contributed by atoms with van der Waals surface area (Å²) in [4.78, 5) is 25.4. The van der Waals surface area contributed by atoms with Crippen LogP contribution in [0, 0.1) is 0 Å². The predicted molar refractivity (Wildman–Crippen MR) is 238 cm³/mol. The van der Waals surface area contributed by atoms with Gasteiger partial charge in [0.15, 0.2) is 12.4 Å². The van der Waals surface area contributed by atoms with E-state index >= 15 is 0 Å². The maximum absolute atomic E-state index is 12.8. The first kappa shape index (κ1) is 55.4. The highest BCUT2D eigenvalue weighted by molar-refractivity contribution is 7.85. The Morgan fingerprint density at radius 3 is 1.55 bits per heavy atom. The summed E-state index contributed by atoms with van der Waals surface area (Å²) >= 11 is 0. The van der Waals surface area contributed by atoms with Gasteiger partial charge in [0.1, 0.15) is 36.8 Å². The third kappa shape index (κ3) is 31.2. The molecule has 13 heteroatoms. The van der Waals surface area contributed by atoms with E-state index in [1.807, 2.05) is 54.7 Å². The largest absolute Gasteiger partial charge is 0.462 e. The number of hydrogen-bond acceptors (Lipinski definition) is 11. The number of unbranched alkanes of at least 4 members (excludes halogenated alkanes) is 19. The number of carbonyl (C=O) groups excluding carboxylic acids is 2. The van der Waals surface area contributed by atoms with Crippen molar-refractivity contribution in [3.8, 4) is 0 Å². The van der Waals surface area contributed by atoms with Gasteiger partial charge < -0.3 is 34.3 Å². The molecule has 1 heterocycles. The maximum atomic E-state index is 12.8. The molecule has 0 bridgehead atoms. The Hall–Kier alpha value is -2.65. The van der Waals surface area contributed by atoms with Crippen LogP contribution >= 0.6 is 0 Å². The minimum absolute atomic E-state index is 0.0672. The summed E-state index contributed by atoms with van der Waals surface area (Å²) in [6, 6.07) is 0. The van der Waals surface area contributed by atoms with Crippen LogP contribution in [0.3, 0.4) is 0 Å². The fraction of sp³-hybridized carbons (Fsp3) is 0.745. The molecule has 0 saturated carbocycles. The lowest BCUT2D eigenvalue weighted by Gasteiger charge is -2.40. The minimum atomic E-state index is -4.61. The first-order chi connectivity index (χ1) is 29.0. The average Bonchev–Trinajstić information content (AvgIpc) is 3.21. The van der Waals surface area contributed by atoms with E-state index in [0.717, 1.165) is 25.7 Å². The molecule has 1 aliphatic heterocycles. The van der Waals surface area contributed by atoms with Crippen LogP contribution in [-0.2, 0) is 38.7 Å². The van der Waals surface area contributed by atoms with Gasteiger partial charge >= 0.3 is 11.9 Å². The summed E-state index contributed by atoms with van der Waals surface area (Å²) in [6.45, 7) is 3.56. The third-order valence-corrected chi connectivity index (χ3v) is 11.0. The number of allylic oxidation sites excluding steroid dienone is 10. The molecule has 0 spiro atoms. The van der Waals surface area contributed by atoms with E-state index in [1.165, 1.54) is 96.3 Å². The number of aliphatic hydroxyl groups excluding tert-OH is 3. The fourth-order valence-electron chi connectivity index (χ4n) is 6.71. The number of hydrogen-bond donors (Lipinski definition) is 4. The summed E-state index contributed by atoms with van der Waals surface area (Å²) in [5.41, 5.74) is 0. The smallest absolute Gasteiger partial charge is 0.306 e. The fourth-order valence-corrected chi connectivity index (χ4v) is 7.40. The van der Waals surface area contributed by atoms with E-state index in [9.17, 15) is 37.9 Å². The van der Waals surface area contributed by atoms with Crippen molar-refractivity contribution >= 4 is 22.1 Å². The number of rotatable bonds is 37. The van der Waals surface area contributed by atoms with Gasteiger partial charge in [-0.3, -0.25) is 14.1 Å². The third-order valence-electron chi connectivity index (χ3n) is 10.2. The van der Waals surface area contributed by atoms with Crippen molar-refractivity contribution in [3.63, 3.8) is 0 Å². The molecule has 0 aromatic carbocycles. The van der Waals surface area contributed by atoms with Crippen molar-refractivity contribution in [3.05, 3.63) is 60.8 Å². The van der Waals surface area contributed by atoms with Gasteiger partial charge in [-0.25, -0.2) is 0 Å². The second-order valence-electron chi connectivity index (χ2n) is 15.8. The van der Waals surface area contributed by atoms with Gasteiger partial charge in [-0.05, 0) is 25.7 Å². The molecule has 12 nitrogen and oxygen atoms in total. The van der Waals surface area contributed by atoms with Crippen molar-refractivity contribution < 1.29 is 56.8 Å². The molecule has 346 valence electrons. The van der Waals surface area contributed by atoms with E-state index < -0.39 is 71.2 Å². The summed E-state index contributed by atoms with van der Waals surface area (Å²) in [5, 5.41) is 30.9. The van der Waals surface area contributed by atoms with Gasteiger partial charge in [-0.1, -0.05) is 190 Å². The second-order valence-corrected chi connectivity index (χ2v) is 17.3. The standard InChI is InChI=1S/C47H80O12S/c1-3-5-7-9-11-13-15-17-18-19-20-21-22-24-25-27-29-31-33-35-42(48)56-37-40(38-57-47-46(52)45(51)44(50)41(59-47)39-60(53,54)55)58-43(49)36-34-32-30-28-26-23-16-14-12-10-8-6-4-2/h6,8,10,12,14,16,23,26,28,30,40-41,44-47,50-52H,3-5,7,9,11,13,15,17-22,24-25,27,29,31-39H2,1-2H3,(H,53,54,55)/b8-6+,12-10+,16-14+,26-23+,30-28+/t40?,41-,44-,45?,46?,47+/m1/s1. The number of aliphatic hydroxyl groups is 3. The van der Waals surface area contributed by atoms with E-state index in [0.29, 0.717) is 19.3 Å². The Morgan fingerprint density at radius 1 is 0.583 bits per heavy atom. The summed E-state index contributed by atoms with van der Waals surface area (Å²) < 4.78 is 53.9. The van der Waals surface area contributed by atoms with Crippen LogP contribution in [0.15, 0.2) is 60.8 Å². The van der Waals surface area contributed by atoms with Crippen molar-refractivity contribution in [1.29, 1.82) is 0 Å². The van der Waals surface area contributed by atoms with Crippen molar-refractivity contribution in [2.45, 2.75) is 205 Å². The minimum Gasteiger partial charge on any atom is -0.462 e. The highest BCUT2D eigenvalue weighted by atomic mass is 32.2. The average molecular weight is 869 g/mol. The first-order valence-corrected chi connectivity index (χ1v) is 24.5. The van der Waals surface area contributed by atoms with Crippen LogP contribution in [0.5, 0.6) is 0 Å². The number of ether oxygens (including phenoxy) is 4. The van der Waals surface area contributed by atoms with E-state index in [1.54, 1.807) is 0 Å². The lowest BCUT2D eigenvalue weighted by Crippen LogP contribution is -2.60. The van der Waals surface area contributed by atoms with Crippen LogP contribution in [-0.4, -0.2) is 96.0 Å². The molecule has 6 atom stereocenters. The van der Waals surface area contributed by atoms with E-state index in [-0.39, 0.29) is 19.4 Å². The lowest BCUT2D eigenvalue weighted by atomic mass is 10.00. The zero-order valence-corrected chi connectivity index (χ0v) is 37.6. The molecule has 1 rings (SSSR count). The second kappa shape index (κ2) is 37.0. The topological polar surface area (TPSA) is 186 Å². The monoisotopic (exact) mass is 869 g/mol. The summed E-state index contributed by atoms with van der Waals surface area (Å²) in [7, 11) is -4.61. The van der Waals surface area contributed by atoms with Crippen molar-refractivity contribution in [2.75, 3.05) is 19.0 Å². The van der Waals surface area contributed by atoms with Crippen LogP contribution in [0.1, 0.15) is 168 Å². The van der Waals surface area contributed by atoms with Gasteiger partial charge in [-0.15, -0.1) is 0 Å². The Bertz CT molecular complexity index is 1340. The maximum Gasteiger partial charge on any atom is 0.306 e. The first-order valence-electron chi connectivity index (χ1n) is 22.9. The molecular weight excluding hydrogens is 789 g/mol. The highest BCUT2D eigenvalue weighted by Gasteiger charge is 2.46.